The monoisotopic (exact) mass is 254 g/mol. The van der Waals surface area contributed by atoms with Crippen LogP contribution >= 0.6 is 22.9 Å². The Hall–Kier alpha value is -1.05. The number of carbonyl (C=O) groups is 1. The molecule has 0 atom stereocenters. The van der Waals surface area contributed by atoms with E-state index >= 15 is 0 Å². The second-order valence-corrected chi connectivity index (χ2v) is 5.68. The third-order valence-corrected chi connectivity index (χ3v) is 4.34. The molecule has 0 saturated heterocycles. The Balaban J connectivity index is 2.20. The molecule has 5 heteroatoms. The number of hydrogen-bond donors (Lipinski definition) is 0. The Bertz CT molecular complexity index is 459. The van der Waals surface area contributed by atoms with Crippen molar-refractivity contribution >= 4 is 28.8 Å². The minimum absolute atomic E-state index is 0.113. The van der Waals surface area contributed by atoms with Crippen LogP contribution in [0.2, 0.25) is 4.34 Å². The van der Waals surface area contributed by atoms with Crippen LogP contribution in [0.4, 0.5) is 0 Å². The van der Waals surface area contributed by atoms with Crippen molar-refractivity contribution in [3.63, 3.8) is 0 Å². The zero-order valence-corrected chi connectivity index (χ0v) is 10.4. The minimum Gasteiger partial charge on any atom is -0.322 e. The van der Waals surface area contributed by atoms with Crippen molar-refractivity contribution in [1.29, 1.82) is 5.26 Å². The fraction of sp³-hybridized carbons (Fsp3) is 0.455. The summed E-state index contributed by atoms with van der Waals surface area (Å²) >= 11 is 7.04. The van der Waals surface area contributed by atoms with Crippen molar-refractivity contribution in [2.75, 3.05) is 7.05 Å². The van der Waals surface area contributed by atoms with Crippen LogP contribution in [0.5, 0.6) is 0 Å². The van der Waals surface area contributed by atoms with E-state index in [0.29, 0.717) is 9.21 Å². The maximum atomic E-state index is 12.1. The zero-order valence-electron chi connectivity index (χ0n) is 8.86. The van der Waals surface area contributed by atoms with Gasteiger partial charge in [0.2, 0.25) is 0 Å². The molecule has 0 spiro atoms. The summed E-state index contributed by atoms with van der Waals surface area (Å²) in [6.45, 7) is 0. The molecule has 3 nitrogen and oxygen atoms in total. The van der Waals surface area contributed by atoms with Crippen molar-refractivity contribution in [1.82, 2.24) is 4.90 Å². The van der Waals surface area contributed by atoms with Gasteiger partial charge in [-0.3, -0.25) is 4.79 Å². The highest BCUT2D eigenvalue weighted by Crippen LogP contribution is 2.37. The van der Waals surface area contributed by atoms with E-state index in [1.54, 1.807) is 24.1 Å². The fourth-order valence-electron chi connectivity index (χ4n) is 1.82. The van der Waals surface area contributed by atoms with E-state index in [4.69, 9.17) is 16.9 Å². The number of rotatable bonds is 2. The quantitative estimate of drug-likeness (QED) is 0.815. The molecule has 0 aliphatic heterocycles. The number of amides is 1. The second kappa shape index (κ2) is 4.08. The van der Waals surface area contributed by atoms with Crippen LogP contribution in [-0.4, -0.2) is 23.4 Å². The van der Waals surface area contributed by atoms with Gasteiger partial charge in [-0.15, -0.1) is 11.3 Å². The predicted molar refractivity (Wildman–Crippen MR) is 63.6 cm³/mol. The summed E-state index contributed by atoms with van der Waals surface area (Å²) in [5.41, 5.74) is -0.590. The molecule has 1 aliphatic rings. The highest BCUT2D eigenvalue weighted by molar-refractivity contribution is 7.17. The largest absolute Gasteiger partial charge is 0.322 e. The van der Waals surface area contributed by atoms with Gasteiger partial charge in [-0.25, -0.2) is 0 Å². The fourth-order valence-corrected chi connectivity index (χ4v) is 2.84. The van der Waals surface area contributed by atoms with Gasteiger partial charge in [0.25, 0.3) is 5.91 Å². The molecular formula is C11H11ClN2OS. The van der Waals surface area contributed by atoms with Crippen LogP contribution in [0.3, 0.4) is 0 Å². The maximum Gasteiger partial charge on any atom is 0.265 e. The summed E-state index contributed by atoms with van der Waals surface area (Å²) < 4.78 is 0.594. The number of nitriles is 1. The van der Waals surface area contributed by atoms with Crippen LogP contribution in [0.25, 0.3) is 0 Å². The Morgan fingerprint density at radius 2 is 2.31 bits per heavy atom. The third-order valence-electron chi connectivity index (χ3n) is 3.12. The Morgan fingerprint density at radius 3 is 2.69 bits per heavy atom. The zero-order chi connectivity index (χ0) is 11.8. The van der Waals surface area contributed by atoms with Gasteiger partial charge in [0.15, 0.2) is 0 Å². The number of thiophene rings is 1. The van der Waals surface area contributed by atoms with Gasteiger partial charge in [0.05, 0.1) is 15.3 Å². The van der Waals surface area contributed by atoms with Gasteiger partial charge in [-0.2, -0.15) is 5.26 Å². The molecule has 0 unspecified atom stereocenters. The Labute approximate surface area is 103 Å². The van der Waals surface area contributed by atoms with Gasteiger partial charge < -0.3 is 4.90 Å². The lowest BCUT2D eigenvalue weighted by atomic mass is 9.76. The van der Waals surface area contributed by atoms with Crippen LogP contribution in [-0.2, 0) is 0 Å². The van der Waals surface area contributed by atoms with Crippen molar-refractivity contribution in [3.8, 4) is 6.07 Å². The molecular weight excluding hydrogens is 244 g/mol. The minimum atomic E-state index is -0.590. The molecule has 1 saturated carbocycles. The smallest absolute Gasteiger partial charge is 0.265 e. The lowest BCUT2D eigenvalue weighted by molar-refractivity contribution is 0.0502. The van der Waals surface area contributed by atoms with Crippen LogP contribution in [0, 0.1) is 11.3 Å². The van der Waals surface area contributed by atoms with E-state index < -0.39 is 5.54 Å². The Morgan fingerprint density at radius 1 is 1.62 bits per heavy atom. The first kappa shape index (κ1) is 11.4. The lowest BCUT2D eigenvalue weighted by Crippen LogP contribution is -2.53. The van der Waals surface area contributed by atoms with Crippen molar-refractivity contribution in [2.24, 2.45) is 0 Å². The van der Waals surface area contributed by atoms with Crippen molar-refractivity contribution < 1.29 is 4.79 Å². The molecule has 1 fully saturated rings. The SMILES string of the molecule is CN(C(=O)c1ccc(Cl)s1)C1(C#N)CCC1. The van der Waals surface area contributed by atoms with Crippen LogP contribution < -0.4 is 0 Å². The third kappa shape index (κ3) is 1.70. The van der Waals surface area contributed by atoms with Crippen molar-refractivity contribution in [2.45, 2.75) is 24.8 Å². The lowest BCUT2D eigenvalue weighted by Gasteiger charge is -2.42. The average molecular weight is 255 g/mol. The standard InChI is InChI=1S/C11H11ClN2OS/c1-14(11(7-13)5-2-6-11)10(15)8-3-4-9(12)16-8/h3-4H,2,5-6H2,1H3. The molecule has 2 rings (SSSR count). The molecule has 1 aromatic heterocycles. The number of hydrogen-bond acceptors (Lipinski definition) is 3. The van der Waals surface area contributed by atoms with Gasteiger partial charge >= 0.3 is 0 Å². The predicted octanol–water partition coefficient (Wildman–Crippen LogP) is 2.92. The summed E-state index contributed by atoms with van der Waals surface area (Å²) in [5.74, 6) is -0.113. The molecule has 1 aromatic rings. The molecule has 0 N–H and O–H groups in total. The van der Waals surface area contributed by atoms with Gasteiger partial charge in [0.1, 0.15) is 5.54 Å². The summed E-state index contributed by atoms with van der Waals surface area (Å²) in [7, 11) is 1.69. The maximum absolute atomic E-state index is 12.1. The van der Waals surface area contributed by atoms with E-state index in [9.17, 15) is 4.79 Å². The summed E-state index contributed by atoms with van der Waals surface area (Å²) in [6.07, 6.45) is 2.55. The Kier molecular flexibility index (Phi) is 2.92. The van der Waals surface area contributed by atoms with Crippen molar-refractivity contribution in [3.05, 3.63) is 21.3 Å². The first-order chi connectivity index (χ1) is 7.59. The topological polar surface area (TPSA) is 44.1 Å². The molecule has 1 aliphatic carbocycles. The molecule has 84 valence electrons. The molecule has 0 aromatic carbocycles. The number of nitrogens with zero attached hydrogens (tertiary/aromatic N) is 2. The summed E-state index contributed by atoms with van der Waals surface area (Å²) in [6, 6.07) is 5.65. The van der Waals surface area contributed by atoms with Gasteiger partial charge in [-0.05, 0) is 31.4 Å². The number of carbonyl (C=O) groups excluding carboxylic acids is 1. The van der Waals surface area contributed by atoms with Crippen LogP contribution in [0.1, 0.15) is 28.9 Å². The van der Waals surface area contributed by atoms with Gasteiger partial charge in [0, 0.05) is 7.05 Å². The van der Waals surface area contributed by atoms with E-state index in [1.807, 2.05) is 0 Å². The van der Waals surface area contributed by atoms with E-state index in [-0.39, 0.29) is 5.91 Å². The first-order valence-corrected chi connectivity index (χ1v) is 6.23. The highest BCUT2D eigenvalue weighted by Gasteiger charge is 2.43. The molecule has 0 bridgehead atoms. The molecule has 1 amide bonds. The average Bonchev–Trinajstić information content (AvgIpc) is 2.63. The number of halogens is 1. The molecule has 16 heavy (non-hydrogen) atoms. The molecule has 0 radical (unpaired) electrons. The van der Waals surface area contributed by atoms with E-state index in [1.165, 1.54) is 11.3 Å². The normalized spacial score (nSPS) is 17.3. The highest BCUT2D eigenvalue weighted by atomic mass is 35.5. The van der Waals surface area contributed by atoms with Crippen LogP contribution in [0.15, 0.2) is 12.1 Å². The van der Waals surface area contributed by atoms with E-state index in [0.717, 1.165) is 19.3 Å². The summed E-state index contributed by atoms with van der Waals surface area (Å²) in [4.78, 5) is 14.2. The van der Waals surface area contributed by atoms with E-state index in [2.05, 4.69) is 6.07 Å². The first-order valence-electron chi connectivity index (χ1n) is 5.04. The summed E-state index contributed by atoms with van der Waals surface area (Å²) in [5, 5.41) is 9.14. The molecule has 1 heterocycles. The second-order valence-electron chi connectivity index (χ2n) is 3.96. The van der Waals surface area contributed by atoms with Gasteiger partial charge in [-0.1, -0.05) is 11.6 Å².